The van der Waals surface area contributed by atoms with Gasteiger partial charge >= 0.3 is 5.97 Å². The SMILES string of the molecule is C=CC(c1ccccc1)C(Sc1ccccc1)(C(=O)OCC)c1ccccc1. The lowest BCUT2D eigenvalue weighted by Gasteiger charge is -2.37. The van der Waals surface area contributed by atoms with Crippen LogP contribution in [0.3, 0.4) is 0 Å². The molecule has 0 radical (unpaired) electrons. The number of allylic oxidation sites excluding steroid dienone is 1. The number of ether oxygens (including phenoxy) is 1. The summed E-state index contributed by atoms with van der Waals surface area (Å²) in [5.41, 5.74) is 1.92. The lowest BCUT2D eigenvalue weighted by atomic mass is 9.80. The van der Waals surface area contributed by atoms with E-state index in [2.05, 4.69) is 6.58 Å². The first kappa shape index (κ1) is 20.0. The van der Waals surface area contributed by atoms with Gasteiger partial charge in [-0.2, -0.15) is 0 Å². The first-order chi connectivity index (χ1) is 13.7. The number of hydrogen-bond acceptors (Lipinski definition) is 3. The summed E-state index contributed by atoms with van der Waals surface area (Å²) in [6.45, 7) is 6.25. The summed E-state index contributed by atoms with van der Waals surface area (Å²) in [5.74, 6) is -0.524. The Morgan fingerprint density at radius 1 is 0.964 bits per heavy atom. The molecule has 2 atom stereocenters. The van der Waals surface area contributed by atoms with E-state index in [-0.39, 0.29) is 11.9 Å². The predicted molar refractivity (Wildman–Crippen MR) is 116 cm³/mol. The van der Waals surface area contributed by atoms with E-state index in [4.69, 9.17) is 4.74 Å². The van der Waals surface area contributed by atoms with Crippen LogP contribution >= 0.6 is 11.8 Å². The van der Waals surface area contributed by atoms with Crippen LogP contribution in [0.1, 0.15) is 24.0 Å². The van der Waals surface area contributed by atoms with E-state index in [1.165, 1.54) is 11.8 Å². The normalized spacial score (nSPS) is 13.9. The van der Waals surface area contributed by atoms with Gasteiger partial charge in [-0.25, -0.2) is 0 Å². The summed E-state index contributed by atoms with van der Waals surface area (Å²) >= 11 is 1.52. The summed E-state index contributed by atoms with van der Waals surface area (Å²) in [6.07, 6.45) is 1.86. The zero-order chi connectivity index (χ0) is 19.8. The number of benzene rings is 3. The molecule has 3 heteroatoms. The van der Waals surface area contributed by atoms with Crippen LogP contribution in [0.25, 0.3) is 0 Å². The van der Waals surface area contributed by atoms with Gasteiger partial charge in [0.05, 0.1) is 6.61 Å². The van der Waals surface area contributed by atoms with Crippen molar-refractivity contribution in [2.45, 2.75) is 22.5 Å². The van der Waals surface area contributed by atoms with E-state index < -0.39 is 4.75 Å². The summed E-state index contributed by atoms with van der Waals surface area (Å²) < 4.78 is 4.65. The van der Waals surface area contributed by atoms with Crippen molar-refractivity contribution in [1.82, 2.24) is 0 Å². The van der Waals surface area contributed by atoms with Crippen molar-refractivity contribution in [2.75, 3.05) is 6.61 Å². The number of hydrogen-bond donors (Lipinski definition) is 0. The molecule has 0 heterocycles. The van der Waals surface area contributed by atoms with E-state index in [1.54, 1.807) is 0 Å². The van der Waals surface area contributed by atoms with Gasteiger partial charge in [-0.3, -0.25) is 4.79 Å². The minimum atomic E-state index is -0.984. The minimum Gasteiger partial charge on any atom is -0.465 e. The average Bonchev–Trinajstić information content (AvgIpc) is 2.75. The highest BCUT2D eigenvalue weighted by Gasteiger charge is 2.49. The molecule has 0 aromatic heterocycles. The van der Waals surface area contributed by atoms with E-state index in [0.29, 0.717) is 6.61 Å². The third-order valence-corrected chi connectivity index (χ3v) is 6.12. The van der Waals surface area contributed by atoms with Crippen LogP contribution in [0.2, 0.25) is 0 Å². The monoisotopic (exact) mass is 388 g/mol. The Labute approximate surface area is 171 Å². The molecule has 142 valence electrons. The molecule has 3 aromatic rings. The maximum atomic E-state index is 13.6. The fraction of sp³-hybridized carbons (Fsp3) is 0.160. The lowest BCUT2D eigenvalue weighted by Crippen LogP contribution is -2.39. The van der Waals surface area contributed by atoms with Gasteiger partial charge in [-0.15, -0.1) is 18.3 Å². The average molecular weight is 389 g/mol. The Balaban J connectivity index is 2.25. The quantitative estimate of drug-likeness (QED) is 0.261. The Hall–Kier alpha value is -2.78. The fourth-order valence-electron chi connectivity index (χ4n) is 3.38. The molecule has 0 aliphatic rings. The van der Waals surface area contributed by atoms with E-state index in [9.17, 15) is 4.79 Å². The number of esters is 1. The summed E-state index contributed by atoms with van der Waals surface area (Å²) in [4.78, 5) is 14.6. The van der Waals surface area contributed by atoms with E-state index >= 15 is 0 Å². The van der Waals surface area contributed by atoms with Crippen molar-refractivity contribution in [2.24, 2.45) is 0 Å². The van der Waals surface area contributed by atoms with Gasteiger partial charge in [-0.05, 0) is 30.2 Å². The molecule has 3 rings (SSSR count). The smallest absolute Gasteiger partial charge is 0.328 e. The highest BCUT2D eigenvalue weighted by atomic mass is 32.2. The van der Waals surface area contributed by atoms with Crippen molar-refractivity contribution in [1.29, 1.82) is 0 Å². The largest absolute Gasteiger partial charge is 0.465 e. The molecule has 0 fully saturated rings. The zero-order valence-corrected chi connectivity index (χ0v) is 16.8. The molecular weight excluding hydrogens is 364 g/mol. The number of carbonyl (C=O) groups excluding carboxylic acids is 1. The third kappa shape index (κ3) is 4.05. The van der Waals surface area contributed by atoms with Crippen LogP contribution < -0.4 is 0 Å². The lowest BCUT2D eigenvalue weighted by molar-refractivity contribution is -0.146. The Kier molecular flexibility index (Phi) is 6.72. The molecule has 0 N–H and O–H groups in total. The standard InChI is InChI=1S/C25H24O2S/c1-3-23(20-14-8-5-9-15-20)25(24(26)27-4-2,21-16-10-6-11-17-21)28-22-18-12-7-13-19-22/h3,5-19,23H,1,4H2,2H3. The van der Waals surface area contributed by atoms with Gasteiger partial charge in [0, 0.05) is 10.8 Å². The van der Waals surface area contributed by atoms with Crippen molar-refractivity contribution in [3.05, 3.63) is 115 Å². The molecule has 3 aromatic carbocycles. The summed E-state index contributed by atoms with van der Waals surface area (Å²) in [7, 11) is 0. The molecule has 0 saturated carbocycles. The molecular formula is C25H24O2S. The van der Waals surface area contributed by atoms with Crippen molar-refractivity contribution in [3.8, 4) is 0 Å². The van der Waals surface area contributed by atoms with Gasteiger partial charge < -0.3 is 4.74 Å². The highest BCUT2D eigenvalue weighted by molar-refractivity contribution is 8.01. The van der Waals surface area contributed by atoms with Crippen LogP contribution in [-0.2, 0) is 14.3 Å². The van der Waals surface area contributed by atoms with Crippen LogP contribution in [0.4, 0.5) is 0 Å². The second-order valence-electron chi connectivity index (χ2n) is 6.36. The molecule has 0 aliphatic carbocycles. The first-order valence-electron chi connectivity index (χ1n) is 9.36. The second kappa shape index (κ2) is 9.43. The van der Waals surface area contributed by atoms with Crippen LogP contribution in [-0.4, -0.2) is 12.6 Å². The Morgan fingerprint density at radius 2 is 1.50 bits per heavy atom. The molecule has 0 amide bonds. The number of thioether (sulfide) groups is 1. The Morgan fingerprint density at radius 3 is 2.04 bits per heavy atom. The van der Waals surface area contributed by atoms with Gasteiger partial charge in [-0.1, -0.05) is 84.9 Å². The second-order valence-corrected chi connectivity index (χ2v) is 7.68. The molecule has 0 bridgehead atoms. The maximum Gasteiger partial charge on any atom is 0.328 e. The fourth-order valence-corrected chi connectivity index (χ4v) is 4.80. The van der Waals surface area contributed by atoms with Crippen molar-refractivity contribution >= 4 is 17.7 Å². The number of carbonyl (C=O) groups is 1. The zero-order valence-electron chi connectivity index (χ0n) is 16.0. The number of rotatable bonds is 8. The molecule has 0 aliphatic heterocycles. The molecule has 2 unspecified atom stereocenters. The van der Waals surface area contributed by atoms with Gasteiger partial charge in [0.1, 0.15) is 0 Å². The minimum absolute atomic E-state index is 0.260. The summed E-state index contributed by atoms with van der Waals surface area (Å²) in [5, 5.41) is 0. The van der Waals surface area contributed by atoms with Crippen LogP contribution in [0.5, 0.6) is 0 Å². The molecule has 28 heavy (non-hydrogen) atoms. The Bertz CT molecular complexity index is 894. The van der Waals surface area contributed by atoms with Crippen molar-refractivity contribution < 1.29 is 9.53 Å². The van der Waals surface area contributed by atoms with Gasteiger partial charge in [0.2, 0.25) is 0 Å². The maximum absolute atomic E-state index is 13.6. The predicted octanol–water partition coefficient (Wildman–Crippen LogP) is 6.21. The van der Waals surface area contributed by atoms with E-state index in [0.717, 1.165) is 16.0 Å². The van der Waals surface area contributed by atoms with Gasteiger partial charge in [0.25, 0.3) is 0 Å². The van der Waals surface area contributed by atoms with Gasteiger partial charge in [0.15, 0.2) is 4.75 Å². The molecule has 2 nitrogen and oxygen atoms in total. The van der Waals surface area contributed by atoms with Crippen molar-refractivity contribution in [3.63, 3.8) is 0 Å². The third-order valence-electron chi connectivity index (χ3n) is 4.64. The van der Waals surface area contributed by atoms with E-state index in [1.807, 2.05) is 104 Å². The first-order valence-corrected chi connectivity index (χ1v) is 10.2. The molecule has 0 saturated heterocycles. The summed E-state index contributed by atoms with van der Waals surface area (Å²) in [6, 6.07) is 29.9. The van der Waals surface area contributed by atoms with Crippen LogP contribution in [0.15, 0.2) is 109 Å². The topological polar surface area (TPSA) is 26.3 Å². The highest BCUT2D eigenvalue weighted by Crippen LogP contribution is 2.52. The molecule has 0 spiro atoms. The van der Waals surface area contributed by atoms with Crippen LogP contribution in [0, 0.1) is 0 Å².